The number of hydrogen-bond acceptors (Lipinski definition) is 4. The number of nitrogens with one attached hydrogen (secondary N) is 2. The first-order valence-electron chi connectivity index (χ1n) is 12.3. The number of carbonyl (C=O) groups excluding carboxylic acids is 2. The molecule has 2 aromatic rings. The van der Waals surface area contributed by atoms with Gasteiger partial charge in [0.05, 0.1) is 5.69 Å². The van der Waals surface area contributed by atoms with Crippen molar-refractivity contribution in [3.63, 3.8) is 0 Å². The predicted molar refractivity (Wildman–Crippen MR) is 139 cm³/mol. The van der Waals surface area contributed by atoms with Crippen molar-refractivity contribution < 1.29 is 9.59 Å². The Bertz CT molecular complexity index is 1060. The Kier molecular flexibility index (Phi) is 7.50. The van der Waals surface area contributed by atoms with Crippen molar-refractivity contribution in [2.24, 2.45) is 4.99 Å². The monoisotopic (exact) mass is 461 g/mol. The van der Waals surface area contributed by atoms with E-state index in [-0.39, 0.29) is 5.91 Å². The lowest BCUT2D eigenvalue weighted by molar-refractivity contribution is -0.120. The first-order chi connectivity index (χ1) is 16.5. The van der Waals surface area contributed by atoms with Gasteiger partial charge in [0.15, 0.2) is 0 Å². The minimum absolute atomic E-state index is 0.236. The highest BCUT2D eigenvalue weighted by atomic mass is 16.2. The van der Waals surface area contributed by atoms with Gasteiger partial charge in [0, 0.05) is 42.8 Å². The number of aryl methyl sites for hydroxylation is 1. The van der Waals surface area contributed by atoms with Gasteiger partial charge in [0.1, 0.15) is 0 Å². The van der Waals surface area contributed by atoms with Gasteiger partial charge in [-0.15, -0.1) is 0 Å². The lowest BCUT2D eigenvalue weighted by atomic mass is 9.94. The van der Waals surface area contributed by atoms with Crippen LogP contribution in [0.25, 0.3) is 0 Å². The molecule has 0 spiro atoms. The number of benzene rings is 2. The highest BCUT2D eigenvalue weighted by molar-refractivity contribution is 6.06. The fraction of sp³-hybridized carbons (Fsp3) is 0.444. The van der Waals surface area contributed by atoms with Crippen molar-refractivity contribution >= 4 is 35.2 Å². The molecule has 1 aliphatic carbocycles. The van der Waals surface area contributed by atoms with Crippen LogP contribution in [0.15, 0.2) is 47.5 Å². The molecular formula is C27H35N5O2. The molecule has 7 heteroatoms. The second-order valence-electron chi connectivity index (χ2n) is 9.29. The maximum atomic E-state index is 13.2. The predicted octanol–water partition coefficient (Wildman–Crippen LogP) is 5.09. The van der Waals surface area contributed by atoms with E-state index in [9.17, 15) is 9.59 Å². The molecule has 2 aromatic carbocycles. The molecule has 0 bridgehead atoms. The highest BCUT2D eigenvalue weighted by Gasteiger charge is 2.29. The zero-order chi connectivity index (χ0) is 24.1. The van der Waals surface area contributed by atoms with Crippen LogP contribution in [-0.4, -0.2) is 44.0 Å². The van der Waals surface area contributed by atoms with Gasteiger partial charge in [-0.25, -0.2) is 4.79 Å². The zero-order valence-corrected chi connectivity index (χ0v) is 20.4. The SMILES string of the molecule is CCCN1C(=O)C(NC(=O)Nc2cc(C)cc(N(C)C3CCCCC3)c2)N=Cc2ccccc21. The van der Waals surface area contributed by atoms with Gasteiger partial charge in [-0.05, 0) is 56.0 Å². The second-order valence-corrected chi connectivity index (χ2v) is 9.29. The summed E-state index contributed by atoms with van der Waals surface area (Å²) in [5.74, 6) is -0.236. The summed E-state index contributed by atoms with van der Waals surface area (Å²) in [7, 11) is 2.13. The number of nitrogens with zero attached hydrogens (tertiary/aromatic N) is 3. The Morgan fingerprint density at radius 3 is 2.68 bits per heavy atom. The molecule has 1 heterocycles. The molecule has 1 unspecified atom stereocenters. The Hall–Kier alpha value is -3.35. The van der Waals surface area contributed by atoms with Crippen molar-refractivity contribution in [1.29, 1.82) is 0 Å². The van der Waals surface area contributed by atoms with Gasteiger partial charge >= 0.3 is 6.03 Å². The van der Waals surface area contributed by atoms with Crippen LogP contribution in [0.4, 0.5) is 21.9 Å². The number of fused-ring (bicyclic) bond motifs is 1. The van der Waals surface area contributed by atoms with Crippen LogP contribution in [0, 0.1) is 6.92 Å². The number of para-hydroxylation sites is 1. The van der Waals surface area contributed by atoms with Crippen LogP contribution in [-0.2, 0) is 4.79 Å². The third-order valence-electron chi connectivity index (χ3n) is 6.65. The molecule has 4 rings (SSSR count). The smallest absolute Gasteiger partial charge is 0.321 e. The van der Waals surface area contributed by atoms with Gasteiger partial charge in [0.2, 0.25) is 6.17 Å². The van der Waals surface area contributed by atoms with Crippen molar-refractivity contribution in [3.05, 3.63) is 53.6 Å². The minimum Gasteiger partial charge on any atom is -0.372 e. The zero-order valence-electron chi connectivity index (χ0n) is 20.4. The van der Waals surface area contributed by atoms with Gasteiger partial charge in [-0.3, -0.25) is 9.79 Å². The van der Waals surface area contributed by atoms with Crippen molar-refractivity contribution in [3.8, 4) is 0 Å². The summed E-state index contributed by atoms with van der Waals surface area (Å²) >= 11 is 0. The van der Waals surface area contributed by atoms with E-state index in [1.807, 2.05) is 50.2 Å². The largest absolute Gasteiger partial charge is 0.372 e. The standard InChI is InChI=1S/C27H35N5O2/c1-4-14-32-24-13-9-8-10-20(24)18-28-25(26(32)33)30-27(34)29-21-15-19(2)16-23(17-21)31(3)22-11-6-5-7-12-22/h8-10,13,15-18,22,25H,4-7,11-12,14H2,1-3H3,(H2,29,30,34). The van der Waals surface area contributed by atoms with Gasteiger partial charge in [-0.2, -0.15) is 0 Å². The van der Waals surface area contributed by atoms with E-state index >= 15 is 0 Å². The van der Waals surface area contributed by atoms with Crippen molar-refractivity contribution in [2.45, 2.75) is 64.6 Å². The lowest BCUT2D eigenvalue weighted by Gasteiger charge is -2.33. The van der Waals surface area contributed by atoms with E-state index in [1.54, 1.807) is 11.1 Å². The first kappa shape index (κ1) is 23.8. The first-order valence-corrected chi connectivity index (χ1v) is 12.3. The summed E-state index contributed by atoms with van der Waals surface area (Å²) in [4.78, 5) is 34.5. The number of aliphatic imine (C=N–C) groups is 1. The number of anilines is 3. The number of urea groups is 1. The van der Waals surface area contributed by atoms with Crippen LogP contribution >= 0.6 is 0 Å². The lowest BCUT2D eigenvalue weighted by Crippen LogP contribution is -2.48. The Morgan fingerprint density at radius 1 is 1.15 bits per heavy atom. The molecule has 1 saturated carbocycles. The molecule has 1 aliphatic heterocycles. The summed E-state index contributed by atoms with van der Waals surface area (Å²) in [5.41, 5.74) is 4.55. The number of amides is 3. The maximum absolute atomic E-state index is 13.2. The number of rotatable bonds is 6. The van der Waals surface area contributed by atoms with E-state index in [1.165, 1.54) is 32.1 Å². The number of carbonyl (C=O) groups is 2. The van der Waals surface area contributed by atoms with Gasteiger partial charge < -0.3 is 20.4 Å². The molecule has 2 aliphatic rings. The fourth-order valence-corrected chi connectivity index (χ4v) is 4.89. The van der Waals surface area contributed by atoms with Crippen LogP contribution in [0.3, 0.4) is 0 Å². The topological polar surface area (TPSA) is 77.0 Å². The average molecular weight is 462 g/mol. The van der Waals surface area contributed by atoms with Crippen molar-refractivity contribution in [1.82, 2.24) is 5.32 Å². The van der Waals surface area contributed by atoms with Crippen molar-refractivity contribution in [2.75, 3.05) is 28.7 Å². The Morgan fingerprint density at radius 2 is 1.91 bits per heavy atom. The van der Waals surface area contributed by atoms with Gasteiger partial charge in [0.25, 0.3) is 5.91 Å². The van der Waals surface area contributed by atoms with Crippen LogP contribution in [0.1, 0.15) is 56.6 Å². The Labute approximate surface area is 202 Å². The summed E-state index contributed by atoms with van der Waals surface area (Å²) in [6, 6.07) is 13.8. The van der Waals surface area contributed by atoms with E-state index < -0.39 is 12.2 Å². The van der Waals surface area contributed by atoms with E-state index in [0.717, 1.165) is 28.9 Å². The molecule has 0 aromatic heterocycles. The molecule has 34 heavy (non-hydrogen) atoms. The van der Waals surface area contributed by atoms with Crippen LogP contribution in [0.5, 0.6) is 0 Å². The molecule has 180 valence electrons. The van der Waals surface area contributed by atoms with E-state index in [0.29, 0.717) is 18.3 Å². The number of benzodiazepines with no additional fused rings is 1. The summed E-state index contributed by atoms with van der Waals surface area (Å²) in [6.07, 6.45) is 7.74. The third-order valence-corrected chi connectivity index (χ3v) is 6.65. The normalized spacial score (nSPS) is 18.3. The second kappa shape index (κ2) is 10.7. The Balaban J connectivity index is 1.47. The molecule has 0 saturated heterocycles. The van der Waals surface area contributed by atoms with Gasteiger partial charge in [-0.1, -0.05) is 44.4 Å². The molecule has 3 amide bonds. The number of hydrogen-bond donors (Lipinski definition) is 2. The fourth-order valence-electron chi connectivity index (χ4n) is 4.89. The molecule has 0 radical (unpaired) electrons. The molecule has 7 nitrogen and oxygen atoms in total. The minimum atomic E-state index is -0.979. The van der Waals surface area contributed by atoms with Crippen LogP contribution < -0.4 is 20.4 Å². The quantitative estimate of drug-likeness (QED) is 0.629. The third kappa shape index (κ3) is 5.41. The molecule has 2 N–H and O–H groups in total. The summed E-state index contributed by atoms with van der Waals surface area (Å²) in [5, 5.41) is 5.67. The average Bonchev–Trinajstić information content (AvgIpc) is 2.96. The maximum Gasteiger partial charge on any atom is 0.321 e. The van der Waals surface area contributed by atoms with Crippen LogP contribution in [0.2, 0.25) is 0 Å². The van der Waals surface area contributed by atoms with E-state index in [2.05, 4.69) is 33.6 Å². The highest BCUT2D eigenvalue weighted by Crippen LogP contribution is 2.29. The van der Waals surface area contributed by atoms with E-state index in [4.69, 9.17) is 0 Å². The molecule has 1 atom stereocenters. The molecule has 1 fully saturated rings. The summed E-state index contributed by atoms with van der Waals surface area (Å²) in [6.45, 7) is 4.62. The molecular weight excluding hydrogens is 426 g/mol. The summed E-state index contributed by atoms with van der Waals surface area (Å²) < 4.78 is 0.